The second-order valence-corrected chi connectivity index (χ2v) is 8.07. The molecule has 2 aromatic heterocycles. The number of nitrogens with one attached hydrogen (secondary N) is 2. The van der Waals surface area contributed by atoms with Crippen molar-refractivity contribution in [1.29, 1.82) is 0 Å². The first kappa shape index (κ1) is 23.6. The number of carbonyl (C=O) groups is 1. The Morgan fingerprint density at radius 3 is 2.84 bits per heavy atom. The van der Waals surface area contributed by atoms with Gasteiger partial charge in [0.25, 0.3) is 11.5 Å². The molecule has 3 heterocycles. The van der Waals surface area contributed by atoms with E-state index in [2.05, 4.69) is 20.6 Å². The smallest absolute Gasteiger partial charge is 0.263 e. The highest BCUT2D eigenvalue weighted by Crippen LogP contribution is 2.21. The van der Waals surface area contributed by atoms with Crippen LogP contribution in [0.1, 0.15) is 34.6 Å². The van der Waals surface area contributed by atoms with Gasteiger partial charge in [0, 0.05) is 30.2 Å². The van der Waals surface area contributed by atoms with E-state index in [1.165, 1.54) is 0 Å². The van der Waals surface area contributed by atoms with Gasteiger partial charge < -0.3 is 15.2 Å². The fraction of sp³-hybridized carbons (Fsp3) is 0.333. The minimum Gasteiger partial charge on any atom is -0.322 e. The highest BCUT2D eigenvalue weighted by atomic mass is 35.5. The zero-order valence-electron chi connectivity index (χ0n) is 18.3. The van der Waals surface area contributed by atoms with Crippen molar-refractivity contribution in [3.05, 3.63) is 76.1 Å². The van der Waals surface area contributed by atoms with Crippen LogP contribution >= 0.6 is 12.4 Å². The standard InChI is InChI=1S/C24H27N5O2.ClH/c1-16-9-12-29(15-18-5-4-10-25-14-18)24(31)22(16)23(30)28-20-7-3-6-19(13-20)21-8-11-26-17(2)27-21;/h3,6-9,11-13,18,25H,4-5,10,14-15H2,1-2H3,(H,28,30);1H. The number of amides is 1. The molecule has 1 unspecified atom stereocenters. The van der Waals surface area contributed by atoms with Crippen LogP contribution in [-0.2, 0) is 6.54 Å². The molecule has 0 aliphatic carbocycles. The number of nitrogens with zero attached hydrogens (tertiary/aromatic N) is 3. The van der Waals surface area contributed by atoms with E-state index in [0.717, 1.165) is 37.2 Å². The summed E-state index contributed by atoms with van der Waals surface area (Å²) in [6.45, 7) is 6.18. The van der Waals surface area contributed by atoms with Crippen LogP contribution in [0.3, 0.4) is 0 Å². The van der Waals surface area contributed by atoms with Crippen LogP contribution in [0.5, 0.6) is 0 Å². The first-order valence-electron chi connectivity index (χ1n) is 10.6. The van der Waals surface area contributed by atoms with Crippen LogP contribution in [0.15, 0.2) is 53.6 Å². The summed E-state index contributed by atoms with van der Waals surface area (Å²) in [6, 6.07) is 11.1. The largest absolute Gasteiger partial charge is 0.322 e. The number of piperidine rings is 1. The van der Waals surface area contributed by atoms with Crippen LogP contribution in [0.25, 0.3) is 11.3 Å². The highest BCUT2D eigenvalue weighted by molar-refractivity contribution is 6.05. The molecular weight excluding hydrogens is 426 g/mol. The number of pyridine rings is 1. The van der Waals surface area contributed by atoms with Crippen molar-refractivity contribution in [3.8, 4) is 11.3 Å². The summed E-state index contributed by atoms with van der Waals surface area (Å²) < 4.78 is 1.67. The molecule has 1 aliphatic heterocycles. The van der Waals surface area contributed by atoms with Crippen LogP contribution in [0, 0.1) is 19.8 Å². The van der Waals surface area contributed by atoms with Gasteiger partial charge in [0.15, 0.2) is 0 Å². The second kappa shape index (κ2) is 10.5. The lowest BCUT2D eigenvalue weighted by atomic mass is 9.99. The molecule has 2 N–H and O–H groups in total. The SMILES string of the molecule is Cc1nccc(-c2cccc(NC(=O)c3c(C)ccn(CC4CCCNC4)c3=O)c2)n1.Cl. The lowest BCUT2D eigenvalue weighted by Gasteiger charge is -2.23. The quantitative estimate of drug-likeness (QED) is 0.616. The molecule has 1 aliphatic rings. The maximum Gasteiger partial charge on any atom is 0.263 e. The van der Waals surface area contributed by atoms with Crippen molar-refractivity contribution in [2.45, 2.75) is 33.2 Å². The number of aromatic nitrogens is 3. The van der Waals surface area contributed by atoms with Gasteiger partial charge >= 0.3 is 0 Å². The molecule has 8 heteroatoms. The van der Waals surface area contributed by atoms with Crippen molar-refractivity contribution < 1.29 is 4.79 Å². The third-order valence-electron chi connectivity index (χ3n) is 5.65. The van der Waals surface area contributed by atoms with Crippen LogP contribution in [-0.4, -0.2) is 33.5 Å². The number of rotatable bonds is 5. The summed E-state index contributed by atoms with van der Waals surface area (Å²) in [7, 11) is 0. The molecule has 1 saturated heterocycles. The average molecular weight is 454 g/mol. The van der Waals surface area contributed by atoms with E-state index < -0.39 is 5.91 Å². The number of hydrogen-bond donors (Lipinski definition) is 2. The zero-order valence-corrected chi connectivity index (χ0v) is 19.1. The van der Waals surface area contributed by atoms with E-state index >= 15 is 0 Å². The maximum absolute atomic E-state index is 13.1. The third kappa shape index (κ3) is 5.41. The first-order valence-corrected chi connectivity index (χ1v) is 10.6. The Labute approximate surface area is 193 Å². The minimum atomic E-state index is -0.394. The monoisotopic (exact) mass is 453 g/mol. The van der Waals surface area contributed by atoms with Gasteiger partial charge in [0.2, 0.25) is 0 Å². The first-order chi connectivity index (χ1) is 15.0. The maximum atomic E-state index is 13.1. The number of aryl methyl sites for hydroxylation is 2. The fourth-order valence-corrected chi connectivity index (χ4v) is 4.01. The van der Waals surface area contributed by atoms with Crippen molar-refractivity contribution in [2.24, 2.45) is 5.92 Å². The zero-order chi connectivity index (χ0) is 21.8. The van der Waals surface area contributed by atoms with Crippen molar-refractivity contribution in [2.75, 3.05) is 18.4 Å². The van der Waals surface area contributed by atoms with Crippen molar-refractivity contribution >= 4 is 24.0 Å². The molecule has 1 atom stereocenters. The summed E-state index contributed by atoms with van der Waals surface area (Å²) in [5.41, 5.74) is 2.88. The summed E-state index contributed by atoms with van der Waals surface area (Å²) in [6.07, 6.45) is 5.70. The second-order valence-electron chi connectivity index (χ2n) is 8.07. The molecule has 0 radical (unpaired) electrons. The molecule has 0 spiro atoms. The lowest BCUT2D eigenvalue weighted by molar-refractivity contribution is 0.102. The molecule has 0 saturated carbocycles. The summed E-state index contributed by atoms with van der Waals surface area (Å²) in [5, 5.41) is 6.26. The van der Waals surface area contributed by atoms with E-state index in [1.54, 1.807) is 30.0 Å². The average Bonchev–Trinajstić information content (AvgIpc) is 2.77. The summed E-state index contributed by atoms with van der Waals surface area (Å²) in [4.78, 5) is 34.7. The van der Waals surface area contributed by atoms with Crippen LogP contribution in [0.4, 0.5) is 5.69 Å². The molecule has 168 valence electrons. The number of anilines is 1. The Kier molecular flexibility index (Phi) is 7.77. The number of benzene rings is 1. The van der Waals surface area contributed by atoms with Crippen LogP contribution < -0.4 is 16.2 Å². The molecule has 1 aromatic carbocycles. The summed E-state index contributed by atoms with van der Waals surface area (Å²) >= 11 is 0. The highest BCUT2D eigenvalue weighted by Gasteiger charge is 2.19. The Balaban J connectivity index is 0.00000289. The lowest BCUT2D eigenvalue weighted by Crippen LogP contribution is -2.36. The van der Waals surface area contributed by atoms with Gasteiger partial charge in [-0.15, -0.1) is 12.4 Å². The van der Waals surface area contributed by atoms with E-state index in [4.69, 9.17) is 0 Å². The normalized spacial score (nSPS) is 15.6. The fourth-order valence-electron chi connectivity index (χ4n) is 4.01. The molecule has 1 fully saturated rings. The van der Waals surface area contributed by atoms with E-state index in [0.29, 0.717) is 29.5 Å². The van der Waals surface area contributed by atoms with Gasteiger partial charge in [0.1, 0.15) is 11.4 Å². The van der Waals surface area contributed by atoms with Crippen molar-refractivity contribution in [1.82, 2.24) is 19.9 Å². The molecule has 7 nitrogen and oxygen atoms in total. The van der Waals surface area contributed by atoms with Gasteiger partial charge in [-0.25, -0.2) is 9.97 Å². The minimum absolute atomic E-state index is 0. The third-order valence-corrected chi connectivity index (χ3v) is 5.65. The van der Waals surface area contributed by atoms with Crippen LogP contribution in [0.2, 0.25) is 0 Å². The molecule has 1 amide bonds. The predicted molar refractivity (Wildman–Crippen MR) is 128 cm³/mol. The molecular formula is C24H28ClN5O2. The molecule has 0 bridgehead atoms. The van der Waals surface area contributed by atoms with Gasteiger partial charge in [-0.3, -0.25) is 9.59 Å². The number of halogens is 1. The number of carbonyl (C=O) groups excluding carboxylic acids is 1. The molecule has 4 rings (SSSR count). The van der Waals surface area contributed by atoms with Gasteiger partial charge in [-0.05, 0) is 75.5 Å². The Morgan fingerprint density at radius 2 is 2.09 bits per heavy atom. The predicted octanol–water partition coefficient (Wildman–Crippen LogP) is 3.60. The van der Waals surface area contributed by atoms with Crippen molar-refractivity contribution in [3.63, 3.8) is 0 Å². The Hall–Kier alpha value is -3.03. The summed E-state index contributed by atoms with van der Waals surface area (Å²) in [5.74, 6) is 0.688. The van der Waals surface area contributed by atoms with E-state index in [9.17, 15) is 9.59 Å². The number of hydrogen-bond acceptors (Lipinski definition) is 5. The van der Waals surface area contributed by atoms with E-state index in [-0.39, 0.29) is 23.5 Å². The molecule has 32 heavy (non-hydrogen) atoms. The Morgan fingerprint density at radius 1 is 1.25 bits per heavy atom. The Bertz CT molecular complexity index is 1160. The molecule has 3 aromatic rings. The van der Waals surface area contributed by atoms with Gasteiger partial charge in [-0.2, -0.15) is 0 Å². The van der Waals surface area contributed by atoms with E-state index in [1.807, 2.05) is 37.3 Å². The van der Waals surface area contributed by atoms with Gasteiger partial charge in [0.05, 0.1) is 5.69 Å². The topological polar surface area (TPSA) is 88.9 Å². The van der Waals surface area contributed by atoms with Gasteiger partial charge in [-0.1, -0.05) is 12.1 Å².